The summed E-state index contributed by atoms with van der Waals surface area (Å²) in [4.78, 5) is 0. The molecule has 28 heavy (non-hydrogen) atoms. The summed E-state index contributed by atoms with van der Waals surface area (Å²) >= 11 is 0. The van der Waals surface area contributed by atoms with Crippen LogP contribution in [0.1, 0.15) is 25.0 Å². The number of hydrogen-bond acceptors (Lipinski definition) is 0. The molecule has 0 radical (unpaired) electrons. The molecule has 0 spiro atoms. The van der Waals surface area contributed by atoms with Gasteiger partial charge in [-0.2, -0.15) is 0 Å². The van der Waals surface area contributed by atoms with Crippen LogP contribution in [0.4, 0.5) is 0 Å². The van der Waals surface area contributed by atoms with Crippen molar-refractivity contribution in [3.05, 3.63) is 83.9 Å². The van der Waals surface area contributed by atoms with E-state index in [-0.39, 0.29) is 0 Å². The minimum atomic E-state index is 1.09. The molecule has 0 saturated heterocycles. The first kappa shape index (κ1) is 16.4. The van der Waals surface area contributed by atoms with E-state index in [1.807, 2.05) is 13.8 Å². The molecule has 0 bridgehead atoms. The highest BCUT2D eigenvalue weighted by molar-refractivity contribution is 6.16. The lowest BCUT2D eigenvalue weighted by atomic mass is 9.89. The lowest BCUT2D eigenvalue weighted by Gasteiger charge is -2.13. The first-order chi connectivity index (χ1) is 13.8. The largest absolute Gasteiger partial charge is 0.101 e. The van der Waals surface area contributed by atoms with Crippen molar-refractivity contribution in [3.63, 3.8) is 0 Å². The highest BCUT2D eigenvalue weighted by atomic mass is 14.2. The minimum absolute atomic E-state index is 1.09. The number of rotatable bonds is 0. The second kappa shape index (κ2) is 6.45. The van der Waals surface area contributed by atoms with Crippen LogP contribution in [0.2, 0.25) is 0 Å². The smallest absolute Gasteiger partial charge is 0.0403 e. The first-order valence-corrected chi connectivity index (χ1v) is 9.46. The van der Waals surface area contributed by atoms with Crippen molar-refractivity contribution in [3.8, 4) is 23.7 Å². The molecule has 0 aliphatic heterocycles. The van der Waals surface area contributed by atoms with Crippen molar-refractivity contribution in [1.82, 2.24) is 0 Å². The van der Waals surface area contributed by atoms with Gasteiger partial charge in [0.15, 0.2) is 0 Å². The minimum Gasteiger partial charge on any atom is -0.101 e. The van der Waals surface area contributed by atoms with E-state index in [0.717, 1.165) is 11.1 Å². The summed E-state index contributed by atoms with van der Waals surface area (Å²) < 4.78 is 0. The van der Waals surface area contributed by atoms with Crippen molar-refractivity contribution in [2.45, 2.75) is 13.8 Å². The molecule has 0 fully saturated rings. The van der Waals surface area contributed by atoms with Crippen LogP contribution < -0.4 is 0 Å². The Morgan fingerprint density at radius 2 is 0.750 bits per heavy atom. The Balaban J connectivity index is 2.11. The fourth-order valence-corrected chi connectivity index (χ4v) is 4.12. The van der Waals surface area contributed by atoms with E-state index in [0.29, 0.717) is 0 Å². The fraction of sp³-hybridized carbons (Fsp3) is 0.0714. The van der Waals surface area contributed by atoms with E-state index in [1.54, 1.807) is 0 Å². The van der Waals surface area contributed by atoms with Crippen LogP contribution in [-0.2, 0) is 0 Å². The van der Waals surface area contributed by atoms with Crippen molar-refractivity contribution < 1.29 is 0 Å². The van der Waals surface area contributed by atoms with Crippen molar-refractivity contribution in [1.29, 1.82) is 0 Å². The molecule has 0 N–H and O–H groups in total. The average molecular weight is 354 g/mol. The van der Waals surface area contributed by atoms with Gasteiger partial charge in [-0.05, 0) is 81.2 Å². The maximum Gasteiger partial charge on any atom is 0.0403 e. The van der Waals surface area contributed by atoms with Gasteiger partial charge in [0.05, 0.1) is 0 Å². The Bertz CT molecular complexity index is 1310. The molecule has 5 aromatic rings. The Hall–Kier alpha value is -3.74. The maximum absolute atomic E-state index is 3.39. The zero-order chi connectivity index (χ0) is 19.1. The summed E-state index contributed by atoms with van der Waals surface area (Å²) in [5.41, 5.74) is 2.18. The second-order valence-electron chi connectivity index (χ2n) is 6.99. The molecule has 0 aliphatic rings. The number of benzene rings is 5. The lowest BCUT2D eigenvalue weighted by Crippen LogP contribution is -1.92. The standard InChI is InChI=1S/C28H18/c1-3-9-23-25-15-19-11-5-7-13-21(19)17-27(25)24(10-4-2)28-18-22-14-8-6-12-20(22)16-26(23)28/h5-8,11-18H,1-2H3. The molecular formula is C28H18. The summed E-state index contributed by atoms with van der Waals surface area (Å²) in [6, 6.07) is 26.0. The van der Waals surface area contributed by atoms with Gasteiger partial charge in [0.1, 0.15) is 0 Å². The van der Waals surface area contributed by atoms with E-state index in [9.17, 15) is 0 Å². The van der Waals surface area contributed by atoms with Crippen LogP contribution in [0.5, 0.6) is 0 Å². The molecule has 0 amide bonds. The van der Waals surface area contributed by atoms with E-state index >= 15 is 0 Å². The molecule has 0 heterocycles. The van der Waals surface area contributed by atoms with Gasteiger partial charge in [-0.25, -0.2) is 0 Å². The molecule has 0 aliphatic carbocycles. The van der Waals surface area contributed by atoms with E-state index in [2.05, 4.69) is 96.5 Å². The third-order valence-corrected chi connectivity index (χ3v) is 5.35. The predicted octanol–water partition coefficient (Wildman–Crippen LogP) is 7.04. The molecule has 5 rings (SSSR count). The molecule has 0 aromatic heterocycles. The van der Waals surface area contributed by atoms with Gasteiger partial charge in [0.2, 0.25) is 0 Å². The number of fused-ring (bicyclic) bond motifs is 4. The van der Waals surface area contributed by atoms with E-state index in [1.165, 1.54) is 43.1 Å². The molecule has 0 nitrogen and oxygen atoms in total. The lowest BCUT2D eigenvalue weighted by molar-refractivity contribution is 1.73. The molecule has 0 unspecified atom stereocenters. The van der Waals surface area contributed by atoms with Crippen molar-refractivity contribution in [2.24, 2.45) is 0 Å². The molecule has 0 heteroatoms. The maximum atomic E-state index is 3.39. The Kier molecular flexibility index (Phi) is 3.79. The van der Waals surface area contributed by atoms with Crippen molar-refractivity contribution >= 4 is 43.1 Å². The zero-order valence-corrected chi connectivity index (χ0v) is 15.9. The van der Waals surface area contributed by atoms with Gasteiger partial charge >= 0.3 is 0 Å². The molecular weight excluding hydrogens is 336 g/mol. The second-order valence-corrected chi connectivity index (χ2v) is 6.99. The van der Waals surface area contributed by atoms with Gasteiger partial charge in [-0.15, -0.1) is 11.8 Å². The number of hydrogen-bond donors (Lipinski definition) is 0. The third-order valence-electron chi connectivity index (χ3n) is 5.35. The highest BCUT2D eigenvalue weighted by Crippen LogP contribution is 2.36. The van der Waals surface area contributed by atoms with Crippen LogP contribution >= 0.6 is 0 Å². The SMILES string of the molecule is CC#Cc1c2cc3ccccc3cc2c(C#CC)c2cc3ccccc3cc12. The Morgan fingerprint density at radius 1 is 0.464 bits per heavy atom. The van der Waals surface area contributed by atoms with Gasteiger partial charge in [0, 0.05) is 11.1 Å². The monoisotopic (exact) mass is 354 g/mol. The average Bonchev–Trinajstić information content (AvgIpc) is 2.74. The molecule has 0 atom stereocenters. The predicted molar refractivity (Wildman–Crippen MR) is 122 cm³/mol. The van der Waals surface area contributed by atoms with Crippen LogP contribution in [0.15, 0.2) is 72.8 Å². The van der Waals surface area contributed by atoms with Crippen LogP contribution in [-0.4, -0.2) is 0 Å². The van der Waals surface area contributed by atoms with Gasteiger partial charge < -0.3 is 0 Å². The van der Waals surface area contributed by atoms with E-state index < -0.39 is 0 Å². The molecule has 0 saturated carbocycles. The summed E-state index contributed by atoms with van der Waals surface area (Å²) in [7, 11) is 0. The Morgan fingerprint density at radius 3 is 1.00 bits per heavy atom. The van der Waals surface area contributed by atoms with E-state index in [4.69, 9.17) is 0 Å². The van der Waals surface area contributed by atoms with Crippen LogP contribution in [0.3, 0.4) is 0 Å². The summed E-state index contributed by atoms with van der Waals surface area (Å²) in [5, 5.41) is 9.60. The van der Waals surface area contributed by atoms with Crippen LogP contribution in [0.25, 0.3) is 43.1 Å². The first-order valence-electron chi connectivity index (χ1n) is 9.46. The molecule has 5 aromatic carbocycles. The van der Waals surface area contributed by atoms with Crippen molar-refractivity contribution in [2.75, 3.05) is 0 Å². The highest BCUT2D eigenvalue weighted by Gasteiger charge is 2.14. The fourth-order valence-electron chi connectivity index (χ4n) is 4.12. The van der Waals surface area contributed by atoms with Gasteiger partial charge in [-0.3, -0.25) is 0 Å². The zero-order valence-electron chi connectivity index (χ0n) is 15.9. The summed E-state index contributed by atoms with van der Waals surface area (Å²) in [6.07, 6.45) is 0. The third kappa shape index (κ3) is 2.44. The summed E-state index contributed by atoms with van der Waals surface area (Å²) in [6.45, 7) is 3.80. The topological polar surface area (TPSA) is 0 Å². The van der Waals surface area contributed by atoms with Gasteiger partial charge in [-0.1, -0.05) is 60.4 Å². The molecule has 130 valence electrons. The quantitative estimate of drug-likeness (QED) is 0.207. The normalized spacial score (nSPS) is 10.6. The van der Waals surface area contributed by atoms with Crippen LogP contribution in [0, 0.1) is 23.7 Å². The summed E-state index contributed by atoms with van der Waals surface area (Å²) in [5.74, 6) is 13.0. The Labute approximate surface area is 164 Å². The van der Waals surface area contributed by atoms with Gasteiger partial charge in [0.25, 0.3) is 0 Å².